The zero-order chi connectivity index (χ0) is 27.4. The maximum absolute atomic E-state index is 12.2. The van der Waals surface area contributed by atoms with E-state index >= 15 is 0 Å². The predicted molar refractivity (Wildman–Crippen MR) is 139 cm³/mol. The Labute approximate surface area is 218 Å². The van der Waals surface area contributed by atoms with Crippen LogP contribution in [0, 0.1) is 5.41 Å². The number of guanidine groups is 1. The Morgan fingerprint density at radius 1 is 1.00 bits per heavy atom. The highest BCUT2D eigenvalue weighted by atomic mass is 35.5. The molecule has 0 aliphatic heterocycles. The van der Waals surface area contributed by atoms with Gasteiger partial charge in [0.05, 0.1) is 13.1 Å². The summed E-state index contributed by atoms with van der Waals surface area (Å²) in [6.45, 7) is 0.902. The van der Waals surface area contributed by atoms with Crippen LogP contribution in [0.5, 0.6) is 5.75 Å². The lowest BCUT2D eigenvalue weighted by Gasteiger charge is -2.19. The first kappa shape index (κ1) is 29.1. The lowest BCUT2D eigenvalue weighted by Crippen LogP contribution is -2.41. The van der Waals surface area contributed by atoms with Crippen molar-refractivity contribution in [3.05, 3.63) is 40.7 Å². The molecular formula is C22H31ClN10O4. The highest BCUT2D eigenvalue weighted by Gasteiger charge is 2.17. The first-order valence-corrected chi connectivity index (χ1v) is 11.7. The Morgan fingerprint density at radius 2 is 1.65 bits per heavy atom. The third-order valence-electron chi connectivity index (χ3n) is 4.91. The van der Waals surface area contributed by atoms with Crippen LogP contribution in [-0.2, 0) is 16.0 Å². The zero-order valence-corrected chi connectivity index (χ0v) is 20.9. The molecule has 2 rings (SSSR count). The number of hydrogen-bond donors (Lipinski definition) is 7. The molecule has 0 saturated carbocycles. The number of aryl methyl sites for hydroxylation is 1. The van der Waals surface area contributed by atoms with E-state index in [1.165, 1.54) is 4.90 Å². The highest BCUT2D eigenvalue weighted by Crippen LogP contribution is 2.17. The molecule has 0 bridgehead atoms. The van der Waals surface area contributed by atoms with Gasteiger partial charge in [-0.1, -0.05) is 23.7 Å². The number of benzene rings is 1. The number of nitrogens with one attached hydrogen (secondary N) is 3. The Balaban J connectivity index is 1.66. The number of nitrogens with zero attached hydrogens (tertiary/aromatic N) is 3. The number of hydrogen-bond acceptors (Lipinski definition) is 10. The summed E-state index contributed by atoms with van der Waals surface area (Å²) in [6.07, 6.45) is 2.40. The molecule has 0 spiro atoms. The number of ether oxygens (including phenoxy) is 1. The van der Waals surface area contributed by atoms with Gasteiger partial charge in [-0.2, -0.15) is 0 Å². The van der Waals surface area contributed by atoms with Gasteiger partial charge in [-0.15, -0.1) is 0 Å². The van der Waals surface area contributed by atoms with E-state index in [1.807, 2.05) is 24.3 Å². The largest absolute Gasteiger partial charge is 0.492 e. The minimum Gasteiger partial charge on any atom is -0.492 e. The van der Waals surface area contributed by atoms with Gasteiger partial charge in [0.25, 0.3) is 5.91 Å². The summed E-state index contributed by atoms with van der Waals surface area (Å²) in [5, 5.41) is 12.8. The van der Waals surface area contributed by atoms with Crippen molar-refractivity contribution >= 4 is 46.9 Å². The number of nitrogen functional groups attached to an aromatic ring is 2. The van der Waals surface area contributed by atoms with Crippen LogP contribution in [0.4, 0.5) is 11.6 Å². The summed E-state index contributed by atoms with van der Waals surface area (Å²) in [6, 6.07) is 7.56. The van der Waals surface area contributed by atoms with E-state index in [1.54, 1.807) is 0 Å². The lowest BCUT2D eigenvalue weighted by atomic mass is 10.1. The third kappa shape index (κ3) is 10.5. The second-order valence-corrected chi connectivity index (χ2v) is 8.34. The third-order valence-corrected chi connectivity index (χ3v) is 5.19. The van der Waals surface area contributed by atoms with Gasteiger partial charge in [0.2, 0.25) is 11.8 Å². The average Bonchev–Trinajstić information content (AvgIpc) is 2.81. The number of anilines is 2. The highest BCUT2D eigenvalue weighted by molar-refractivity contribution is 6.31. The van der Waals surface area contributed by atoms with E-state index < -0.39 is 17.7 Å². The van der Waals surface area contributed by atoms with Gasteiger partial charge in [-0.3, -0.25) is 30.0 Å². The number of carbonyl (C=O) groups excluding carboxylic acids is 3. The fourth-order valence-electron chi connectivity index (χ4n) is 3.19. The summed E-state index contributed by atoms with van der Waals surface area (Å²) in [7, 11) is 0. The van der Waals surface area contributed by atoms with Crippen molar-refractivity contribution in [2.75, 3.05) is 44.3 Å². The second-order valence-electron chi connectivity index (χ2n) is 7.98. The van der Waals surface area contributed by atoms with E-state index in [-0.39, 0.29) is 48.1 Å². The normalized spacial score (nSPS) is 10.6. The van der Waals surface area contributed by atoms with Gasteiger partial charge in [0, 0.05) is 13.1 Å². The molecule has 11 N–H and O–H groups in total. The van der Waals surface area contributed by atoms with Crippen molar-refractivity contribution in [3.63, 3.8) is 0 Å². The van der Waals surface area contributed by atoms with Crippen LogP contribution in [0.25, 0.3) is 0 Å². The minimum absolute atomic E-state index is 0.0767. The Morgan fingerprint density at radius 3 is 2.27 bits per heavy atom. The van der Waals surface area contributed by atoms with Crippen LogP contribution in [0.1, 0.15) is 28.9 Å². The molecular weight excluding hydrogens is 504 g/mol. The van der Waals surface area contributed by atoms with Crippen LogP contribution in [-0.4, -0.2) is 71.3 Å². The molecule has 14 nitrogen and oxygen atoms in total. The standard InChI is InChI=1S/C22H31ClN10O4/c23-18-20(27)31-19(26)17(30-18)21(36)32-22(28)29-8-2-1-3-13-4-6-14(7-5-13)37-10-9-33(11-15(24)34)12-16(25)35/h4-7H,1-3,8-12H2,(H2,24,34)(H2,25,35)(H4,26,27,31)(H3,28,29,32,36). The number of nitrogens with two attached hydrogens (primary N) is 4. The molecule has 0 saturated heterocycles. The van der Waals surface area contributed by atoms with Crippen molar-refractivity contribution in [2.45, 2.75) is 19.3 Å². The molecule has 37 heavy (non-hydrogen) atoms. The molecule has 1 heterocycles. The fraction of sp³-hybridized carbons (Fsp3) is 0.364. The molecule has 1 aromatic heterocycles. The maximum Gasteiger partial charge on any atom is 0.280 e. The van der Waals surface area contributed by atoms with Crippen LogP contribution in [0.15, 0.2) is 24.3 Å². The molecule has 1 aromatic carbocycles. The minimum atomic E-state index is -0.722. The second kappa shape index (κ2) is 14.4. The number of carbonyl (C=O) groups is 3. The average molecular weight is 535 g/mol. The molecule has 200 valence electrons. The molecule has 0 aliphatic rings. The number of amides is 3. The summed E-state index contributed by atoms with van der Waals surface area (Å²) in [5.41, 5.74) is 22.4. The van der Waals surface area contributed by atoms with Crippen LogP contribution in [0.2, 0.25) is 5.15 Å². The smallest absolute Gasteiger partial charge is 0.280 e. The van der Waals surface area contributed by atoms with Gasteiger partial charge >= 0.3 is 0 Å². The van der Waals surface area contributed by atoms with Crippen LogP contribution >= 0.6 is 11.6 Å². The first-order chi connectivity index (χ1) is 17.5. The first-order valence-electron chi connectivity index (χ1n) is 11.3. The van der Waals surface area contributed by atoms with E-state index in [4.69, 9.17) is 44.7 Å². The zero-order valence-electron chi connectivity index (χ0n) is 20.1. The summed E-state index contributed by atoms with van der Waals surface area (Å²) in [4.78, 5) is 43.4. The summed E-state index contributed by atoms with van der Waals surface area (Å²) in [5.74, 6) is -1.64. The van der Waals surface area contributed by atoms with Crippen molar-refractivity contribution in [2.24, 2.45) is 11.5 Å². The Bertz CT molecular complexity index is 1100. The number of halogens is 1. The molecule has 0 radical (unpaired) electrons. The molecule has 3 amide bonds. The molecule has 0 fully saturated rings. The predicted octanol–water partition coefficient (Wildman–Crippen LogP) is -0.777. The van der Waals surface area contributed by atoms with E-state index in [2.05, 4.69) is 20.6 Å². The van der Waals surface area contributed by atoms with E-state index in [9.17, 15) is 14.4 Å². The number of primary amides is 2. The van der Waals surface area contributed by atoms with Gasteiger partial charge in [-0.05, 0) is 37.0 Å². The van der Waals surface area contributed by atoms with Gasteiger partial charge in [-0.25, -0.2) is 9.97 Å². The Hall–Kier alpha value is -4.17. The van der Waals surface area contributed by atoms with Crippen LogP contribution in [0.3, 0.4) is 0 Å². The van der Waals surface area contributed by atoms with Gasteiger partial charge in [0.15, 0.2) is 28.4 Å². The van der Waals surface area contributed by atoms with Crippen molar-refractivity contribution in [1.82, 2.24) is 25.5 Å². The SMILES string of the molecule is N=C(NCCCCc1ccc(OCCN(CC(N)=O)CC(N)=O)cc1)NC(=O)c1nc(Cl)c(N)nc1N. The van der Waals surface area contributed by atoms with Crippen molar-refractivity contribution in [3.8, 4) is 5.75 Å². The quantitative estimate of drug-likeness (QED) is 0.0905. The maximum atomic E-state index is 12.2. The molecule has 0 atom stereocenters. The summed E-state index contributed by atoms with van der Waals surface area (Å²) >= 11 is 5.77. The molecule has 0 aliphatic carbocycles. The number of unbranched alkanes of at least 4 members (excludes halogenated alkanes) is 1. The molecule has 2 aromatic rings. The molecule has 15 heteroatoms. The Kier molecular flexibility index (Phi) is 11.3. The summed E-state index contributed by atoms with van der Waals surface area (Å²) < 4.78 is 5.66. The number of aromatic nitrogens is 2. The topological polar surface area (TPSA) is 241 Å². The lowest BCUT2D eigenvalue weighted by molar-refractivity contribution is -0.122. The number of rotatable bonds is 14. The van der Waals surface area contributed by atoms with Gasteiger partial charge < -0.3 is 33.0 Å². The van der Waals surface area contributed by atoms with Crippen molar-refractivity contribution < 1.29 is 19.1 Å². The fourth-order valence-corrected chi connectivity index (χ4v) is 3.32. The molecule has 0 unspecified atom stereocenters. The monoisotopic (exact) mass is 534 g/mol. The van der Waals surface area contributed by atoms with E-state index in [0.717, 1.165) is 24.8 Å². The van der Waals surface area contributed by atoms with Crippen molar-refractivity contribution in [1.29, 1.82) is 5.41 Å². The van der Waals surface area contributed by atoms with Gasteiger partial charge in [0.1, 0.15) is 12.4 Å². The van der Waals surface area contributed by atoms with E-state index in [0.29, 0.717) is 18.8 Å². The van der Waals surface area contributed by atoms with Crippen LogP contribution < -0.4 is 38.3 Å².